The average molecular weight is 411 g/mol. The predicted molar refractivity (Wildman–Crippen MR) is 117 cm³/mol. The summed E-state index contributed by atoms with van der Waals surface area (Å²) in [6.45, 7) is 5.09. The molecular weight excluding hydrogens is 384 g/mol. The Labute approximate surface area is 172 Å². The molecule has 1 heterocycles. The van der Waals surface area contributed by atoms with E-state index in [1.54, 1.807) is 16.4 Å². The standard InChI is InChI=1S/C23H26N2O3S/c1-2-16-28-22-10-8-20-18-23(11-9-19(20)17-22)29(26,27)25-14-12-24(13-15-25)21-6-4-3-5-7-21/h3-11,17-18H,2,12-16H2,1H3. The van der Waals surface area contributed by atoms with Crippen LogP contribution in [0.5, 0.6) is 5.75 Å². The van der Waals surface area contributed by atoms with Gasteiger partial charge < -0.3 is 9.64 Å². The maximum Gasteiger partial charge on any atom is 0.243 e. The van der Waals surface area contributed by atoms with Crippen LogP contribution in [-0.2, 0) is 10.0 Å². The SMILES string of the molecule is CCCOc1ccc2cc(S(=O)(=O)N3CCN(c4ccccc4)CC3)ccc2c1. The molecule has 0 spiro atoms. The Morgan fingerprint density at radius 3 is 2.28 bits per heavy atom. The van der Waals surface area contributed by atoms with Gasteiger partial charge in [0.25, 0.3) is 0 Å². The number of hydrogen-bond donors (Lipinski definition) is 0. The van der Waals surface area contributed by atoms with Crippen molar-refractivity contribution in [2.45, 2.75) is 18.2 Å². The van der Waals surface area contributed by atoms with Crippen LogP contribution in [0.15, 0.2) is 71.6 Å². The molecule has 0 bridgehead atoms. The highest BCUT2D eigenvalue weighted by Crippen LogP contribution is 2.26. The van der Waals surface area contributed by atoms with E-state index in [-0.39, 0.29) is 0 Å². The van der Waals surface area contributed by atoms with Crippen LogP contribution in [0.25, 0.3) is 10.8 Å². The van der Waals surface area contributed by atoms with Crippen molar-refractivity contribution in [3.8, 4) is 5.75 Å². The number of rotatable bonds is 6. The molecule has 152 valence electrons. The number of para-hydroxylation sites is 1. The van der Waals surface area contributed by atoms with E-state index >= 15 is 0 Å². The molecule has 6 heteroatoms. The molecule has 0 radical (unpaired) electrons. The summed E-state index contributed by atoms with van der Waals surface area (Å²) in [4.78, 5) is 2.57. The molecule has 29 heavy (non-hydrogen) atoms. The molecule has 5 nitrogen and oxygen atoms in total. The number of sulfonamides is 1. The van der Waals surface area contributed by atoms with Crippen LogP contribution in [0.1, 0.15) is 13.3 Å². The molecule has 3 aromatic carbocycles. The van der Waals surface area contributed by atoms with Gasteiger partial charge in [-0.2, -0.15) is 4.31 Å². The first-order valence-corrected chi connectivity index (χ1v) is 11.5. The van der Waals surface area contributed by atoms with Gasteiger partial charge in [0, 0.05) is 31.9 Å². The van der Waals surface area contributed by atoms with Crippen molar-refractivity contribution < 1.29 is 13.2 Å². The maximum absolute atomic E-state index is 13.2. The van der Waals surface area contributed by atoms with Crippen LogP contribution in [0, 0.1) is 0 Å². The van der Waals surface area contributed by atoms with Gasteiger partial charge in [-0.05, 0) is 53.6 Å². The lowest BCUT2D eigenvalue weighted by Crippen LogP contribution is -2.48. The van der Waals surface area contributed by atoms with Crippen molar-refractivity contribution in [1.82, 2.24) is 4.31 Å². The first kappa shape index (κ1) is 19.7. The van der Waals surface area contributed by atoms with E-state index in [1.165, 1.54) is 0 Å². The molecule has 1 fully saturated rings. The third kappa shape index (κ3) is 4.23. The number of nitrogens with zero attached hydrogens (tertiary/aromatic N) is 2. The van der Waals surface area contributed by atoms with Gasteiger partial charge in [-0.3, -0.25) is 0 Å². The molecule has 0 N–H and O–H groups in total. The largest absolute Gasteiger partial charge is 0.494 e. The molecule has 0 atom stereocenters. The first-order valence-electron chi connectivity index (χ1n) is 10.0. The smallest absolute Gasteiger partial charge is 0.243 e. The quantitative estimate of drug-likeness (QED) is 0.613. The number of fused-ring (bicyclic) bond motifs is 1. The second-order valence-electron chi connectivity index (χ2n) is 7.25. The number of piperazine rings is 1. The minimum absolute atomic E-state index is 0.348. The zero-order chi connectivity index (χ0) is 20.3. The summed E-state index contributed by atoms with van der Waals surface area (Å²) in [6, 6.07) is 21.2. The Kier molecular flexibility index (Phi) is 5.74. The van der Waals surface area contributed by atoms with Crippen molar-refractivity contribution in [3.63, 3.8) is 0 Å². The van der Waals surface area contributed by atoms with Gasteiger partial charge in [0.2, 0.25) is 10.0 Å². The predicted octanol–water partition coefficient (Wildman–Crippen LogP) is 4.14. The van der Waals surface area contributed by atoms with Gasteiger partial charge in [-0.15, -0.1) is 0 Å². The van der Waals surface area contributed by atoms with Crippen LogP contribution in [0.2, 0.25) is 0 Å². The van der Waals surface area contributed by atoms with Gasteiger partial charge in [-0.1, -0.05) is 37.3 Å². The monoisotopic (exact) mass is 410 g/mol. The van der Waals surface area contributed by atoms with E-state index in [1.807, 2.05) is 42.5 Å². The van der Waals surface area contributed by atoms with Crippen molar-refractivity contribution >= 4 is 26.5 Å². The van der Waals surface area contributed by atoms with E-state index in [4.69, 9.17) is 4.74 Å². The number of hydrogen-bond acceptors (Lipinski definition) is 4. The zero-order valence-electron chi connectivity index (χ0n) is 16.6. The van der Waals surface area contributed by atoms with Crippen LogP contribution in [-0.4, -0.2) is 45.5 Å². The van der Waals surface area contributed by atoms with E-state index in [2.05, 4.69) is 24.0 Å². The molecule has 0 unspecified atom stereocenters. The molecule has 1 aliphatic rings. The molecule has 1 saturated heterocycles. The van der Waals surface area contributed by atoms with Crippen molar-refractivity contribution in [2.75, 3.05) is 37.7 Å². The average Bonchev–Trinajstić information content (AvgIpc) is 2.78. The third-order valence-electron chi connectivity index (χ3n) is 5.25. The minimum Gasteiger partial charge on any atom is -0.494 e. The maximum atomic E-state index is 13.2. The zero-order valence-corrected chi connectivity index (χ0v) is 17.4. The second kappa shape index (κ2) is 8.43. The molecule has 1 aliphatic heterocycles. The minimum atomic E-state index is -3.51. The Bertz CT molecular complexity index is 1080. The normalized spacial score (nSPS) is 15.6. The number of benzene rings is 3. The first-order chi connectivity index (χ1) is 14.1. The lowest BCUT2D eigenvalue weighted by molar-refractivity contribution is 0.318. The van der Waals surface area contributed by atoms with Gasteiger partial charge in [0.05, 0.1) is 11.5 Å². The van der Waals surface area contributed by atoms with Gasteiger partial charge in [-0.25, -0.2) is 8.42 Å². The van der Waals surface area contributed by atoms with E-state index < -0.39 is 10.0 Å². The highest BCUT2D eigenvalue weighted by molar-refractivity contribution is 7.89. The molecular formula is C23H26N2O3S. The number of ether oxygens (including phenoxy) is 1. The molecule has 4 rings (SSSR count). The van der Waals surface area contributed by atoms with E-state index in [0.29, 0.717) is 37.7 Å². The Morgan fingerprint density at radius 1 is 0.862 bits per heavy atom. The topological polar surface area (TPSA) is 49.9 Å². The van der Waals surface area contributed by atoms with Crippen molar-refractivity contribution in [3.05, 3.63) is 66.7 Å². The summed E-state index contributed by atoms with van der Waals surface area (Å²) in [5.74, 6) is 0.812. The van der Waals surface area contributed by atoms with Gasteiger partial charge in [0.15, 0.2) is 0 Å². The fraction of sp³-hybridized carbons (Fsp3) is 0.304. The summed E-state index contributed by atoms with van der Waals surface area (Å²) < 4.78 is 33.6. The van der Waals surface area contributed by atoms with Crippen LogP contribution >= 0.6 is 0 Å². The summed E-state index contributed by atoms with van der Waals surface area (Å²) in [5.41, 5.74) is 1.14. The fourth-order valence-electron chi connectivity index (χ4n) is 3.65. The summed E-state index contributed by atoms with van der Waals surface area (Å²) in [7, 11) is -3.51. The van der Waals surface area contributed by atoms with E-state index in [9.17, 15) is 8.42 Å². The number of anilines is 1. The van der Waals surface area contributed by atoms with Gasteiger partial charge in [0.1, 0.15) is 5.75 Å². The summed E-state index contributed by atoms with van der Waals surface area (Å²) in [5, 5.41) is 1.88. The van der Waals surface area contributed by atoms with Crippen LogP contribution in [0.4, 0.5) is 5.69 Å². The third-order valence-corrected chi connectivity index (χ3v) is 7.15. The molecule has 0 aromatic heterocycles. The molecule has 0 saturated carbocycles. The Morgan fingerprint density at radius 2 is 1.55 bits per heavy atom. The van der Waals surface area contributed by atoms with Crippen LogP contribution < -0.4 is 9.64 Å². The Balaban J connectivity index is 1.50. The van der Waals surface area contributed by atoms with Crippen molar-refractivity contribution in [2.24, 2.45) is 0 Å². The van der Waals surface area contributed by atoms with Crippen LogP contribution in [0.3, 0.4) is 0 Å². The summed E-state index contributed by atoms with van der Waals surface area (Å²) in [6.07, 6.45) is 0.951. The molecule has 0 aliphatic carbocycles. The molecule has 3 aromatic rings. The lowest BCUT2D eigenvalue weighted by Gasteiger charge is -2.35. The second-order valence-corrected chi connectivity index (χ2v) is 9.18. The Hall–Kier alpha value is -2.57. The summed E-state index contributed by atoms with van der Waals surface area (Å²) >= 11 is 0. The van der Waals surface area contributed by atoms with Gasteiger partial charge >= 0.3 is 0 Å². The molecule has 0 amide bonds. The highest BCUT2D eigenvalue weighted by Gasteiger charge is 2.28. The lowest BCUT2D eigenvalue weighted by atomic mass is 10.1. The highest BCUT2D eigenvalue weighted by atomic mass is 32.2. The fourth-order valence-corrected chi connectivity index (χ4v) is 5.10. The van der Waals surface area contributed by atoms with Crippen molar-refractivity contribution in [1.29, 1.82) is 0 Å². The van der Waals surface area contributed by atoms with E-state index in [0.717, 1.165) is 28.6 Å².